The molecular formula is C13H23N5O2S. The third-order valence-corrected chi connectivity index (χ3v) is 3.63. The first-order valence-electron chi connectivity index (χ1n) is 6.70. The lowest BCUT2D eigenvalue weighted by Crippen LogP contribution is -2.37. The summed E-state index contributed by atoms with van der Waals surface area (Å²) in [7, 11) is 1.68. The van der Waals surface area contributed by atoms with Gasteiger partial charge in [0.05, 0.1) is 6.54 Å². The molecule has 0 saturated carbocycles. The van der Waals surface area contributed by atoms with E-state index in [1.54, 1.807) is 7.05 Å². The van der Waals surface area contributed by atoms with E-state index in [2.05, 4.69) is 15.6 Å². The van der Waals surface area contributed by atoms with Crippen LogP contribution in [0.25, 0.3) is 0 Å². The number of thiazole rings is 1. The summed E-state index contributed by atoms with van der Waals surface area (Å²) in [6.07, 6.45) is 0. The fraction of sp³-hybridized carbons (Fsp3) is 0.615. The van der Waals surface area contributed by atoms with Gasteiger partial charge >= 0.3 is 0 Å². The second-order valence-electron chi connectivity index (χ2n) is 5.70. The molecule has 0 atom stereocenters. The van der Waals surface area contributed by atoms with Crippen LogP contribution in [0.15, 0.2) is 0 Å². The average molecular weight is 313 g/mol. The number of nitrogens with one attached hydrogen (secondary N) is 2. The van der Waals surface area contributed by atoms with Crippen molar-refractivity contribution in [2.24, 2.45) is 0 Å². The standard InChI is InChI=1S/C13H23N5O2S/c1-6-18(5)8(19)7-15-11(20)9-10(14)16-12(21-9)17-13(2,3)4/h6-7,14H2,1-5H3,(H,15,20)(H,16,17). The maximum atomic E-state index is 12.0. The van der Waals surface area contributed by atoms with Crippen molar-refractivity contribution >= 4 is 34.1 Å². The summed E-state index contributed by atoms with van der Waals surface area (Å²) in [5.74, 6) is -0.368. The number of hydrogen-bond donors (Lipinski definition) is 3. The van der Waals surface area contributed by atoms with Crippen molar-refractivity contribution in [3.05, 3.63) is 4.88 Å². The summed E-state index contributed by atoms with van der Waals surface area (Å²) in [5, 5.41) is 6.31. The van der Waals surface area contributed by atoms with E-state index in [0.29, 0.717) is 16.6 Å². The number of nitrogens with zero attached hydrogens (tertiary/aromatic N) is 2. The number of hydrogen-bond acceptors (Lipinski definition) is 6. The minimum Gasteiger partial charge on any atom is -0.382 e. The van der Waals surface area contributed by atoms with Gasteiger partial charge in [0.15, 0.2) is 5.13 Å². The highest BCUT2D eigenvalue weighted by Gasteiger charge is 2.19. The molecule has 0 aliphatic carbocycles. The van der Waals surface area contributed by atoms with E-state index >= 15 is 0 Å². The van der Waals surface area contributed by atoms with Crippen molar-refractivity contribution in [3.63, 3.8) is 0 Å². The molecule has 1 heterocycles. The lowest BCUT2D eigenvalue weighted by Gasteiger charge is -2.19. The van der Waals surface area contributed by atoms with Crippen molar-refractivity contribution in [2.75, 3.05) is 31.2 Å². The average Bonchev–Trinajstić information content (AvgIpc) is 2.72. The molecule has 4 N–H and O–H groups in total. The number of nitrogens with two attached hydrogens (primary N) is 1. The van der Waals surface area contributed by atoms with E-state index in [0.717, 1.165) is 0 Å². The Bertz CT molecular complexity index is 521. The molecule has 0 spiro atoms. The number of nitrogen functional groups attached to an aromatic ring is 1. The van der Waals surface area contributed by atoms with Gasteiger partial charge in [-0.25, -0.2) is 4.98 Å². The predicted octanol–water partition coefficient (Wildman–Crippen LogP) is 1.14. The molecule has 1 rings (SSSR count). The topological polar surface area (TPSA) is 100 Å². The molecule has 0 aromatic carbocycles. The van der Waals surface area contributed by atoms with E-state index in [4.69, 9.17) is 5.73 Å². The lowest BCUT2D eigenvalue weighted by atomic mass is 10.1. The number of carbonyl (C=O) groups is 2. The first kappa shape index (κ1) is 17.2. The fourth-order valence-electron chi connectivity index (χ4n) is 1.42. The number of amides is 2. The van der Waals surface area contributed by atoms with Gasteiger partial charge in [-0.1, -0.05) is 11.3 Å². The largest absolute Gasteiger partial charge is 0.382 e. The zero-order chi connectivity index (χ0) is 16.2. The van der Waals surface area contributed by atoms with Crippen LogP contribution >= 0.6 is 11.3 Å². The van der Waals surface area contributed by atoms with Crippen molar-refractivity contribution in [1.82, 2.24) is 15.2 Å². The van der Waals surface area contributed by atoms with Crippen molar-refractivity contribution in [1.29, 1.82) is 0 Å². The van der Waals surface area contributed by atoms with E-state index in [9.17, 15) is 9.59 Å². The monoisotopic (exact) mass is 313 g/mol. The van der Waals surface area contributed by atoms with E-state index in [1.807, 2.05) is 27.7 Å². The van der Waals surface area contributed by atoms with E-state index in [1.165, 1.54) is 16.2 Å². The molecule has 0 aliphatic rings. The number of anilines is 2. The zero-order valence-electron chi connectivity index (χ0n) is 13.1. The van der Waals surface area contributed by atoms with Crippen LogP contribution < -0.4 is 16.4 Å². The second kappa shape index (κ2) is 6.75. The summed E-state index contributed by atoms with van der Waals surface area (Å²) >= 11 is 1.18. The molecule has 8 heteroatoms. The molecule has 0 bridgehead atoms. The third kappa shape index (κ3) is 5.22. The number of carbonyl (C=O) groups excluding carboxylic acids is 2. The van der Waals surface area contributed by atoms with Gasteiger partial charge in [-0.3, -0.25) is 9.59 Å². The van der Waals surface area contributed by atoms with Crippen LogP contribution in [0, 0.1) is 0 Å². The number of aromatic nitrogens is 1. The van der Waals surface area contributed by atoms with Crippen molar-refractivity contribution < 1.29 is 9.59 Å². The fourth-order valence-corrected chi connectivity index (χ4v) is 2.43. The number of likely N-dealkylation sites (N-methyl/N-ethyl adjacent to an activating group) is 1. The van der Waals surface area contributed by atoms with Crippen molar-refractivity contribution in [2.45, 2.75) is 33.2 Å². The van der Waals surface area contributed by atoms with Gasteiger partial charge in [0.1, 0.15) is 10.7 Å². The molecule has 1 aromatic heterocycles. The van der Waals surface area contributed by atoms with Crippen LogP contribution in [0.4, 0.5) is 10.9 Å². The van der Waals surface area contributed by atoms with Crippen LogP contribution in [0.5, 0.6) is 0 Å². The van der Waals surface area contributed by atoms with Crippen LogP contribution in [-0.2, 0) is 4.79 Å². The summed E-state index contributed by atoms with van der Waals surface area (Å²) in [6, 6.07) is 0. The molecular weight excluding hydrogens is 290 g/mol. The maximum Gasteiger partial charge on any atom is 0.265 e. The Morgan fingerprint density at radius 3 is 2.52 bits per heavy atom. The van der Waals surface area contributed by atoms with Crippen LogP contribution in [0.1, 0.15) is 37.4 Å². The summed E-state index contributed by atoms with van der Waals surface area (Å²) < 4.78 is 0. The van der Waals surface area contributed by atoms with Gasteiger partial charge < -0.3 is 21.3 Å². The van der Waals surface area contributed by atoms with Crippen LogP contribution in [0.3, 0.4) is 0 Å². The minimum absolute atomic E-state index is 0.0530. The highest BCUT2D eigenvalue weighted by molar-refractivity contribution is 7.18. The second-order valence-corrected chi connectivity index (χ2v) is 6.70. The Balaban J connectivity index is 2.69. The van der Waals surface area contributed by atoms with Crippen molar-refractivity contribution in [3.8, 4) is 0 Å². The van der Waals surface area contributed by atoms with Gasteiger partial charge in [-0.15, -0.1) is 0 Å². The van der Waals surface area contributed by atoms with E-state index in [-0.39, 0.29) is 29.7 Å². The van der Waals surface area contributed by atoms with Gasteiger partial charge in [-0.05, 0) is 27.7 Å². The Morgan fingerprint density at radius 1 is 1.38 bits per heavy atom. The summed E-state index contributed by atoms with van der Waals surface area (Å²) in [5.41, 5.74) is 5.59. The highest BCUT2D eigenvalue weighted by Crippen LogP contribution is 2.26. The SMILES string of the molecule is CCN(C)C(=O)CNC(=O)c1sc(NC(C)(C)C)nc1N. The van der Waals surface area contributed by atoms with Crippen LogP contribution in [-0.4, -0.2) is 47.4 Å². The normalized spacial score (nSPS) is 11.1. The lowest BCUT2D eigenvalue weighted by molar-refractivity contribution is -0.128. The Morgan fingerprint density at radius 2 is 2.00 bits per heavy atom. The molecule has 0 fully saturated rings. The number of rotatable bonds is 5. The molecule has 21 heavy (non-hydrogen) atoms. The molecule has 1 aromatic rings. The highest BCUT2D eigenvalue weighted by atomic mass is 32.1. The third-order valence-electron chi connectivity index (χ3n) is 2.64. The van der Waals surface area contributed by atoms with Gasteiger partial charge in [0.2, 0.25) is 5.91 Å². The summed E-state index contributed by atoms with van der Waals surface area (Å²) in [4.78, 5) is 29.7. The van der Waals surface area contributed by atoms with Gasteiger partial charge in [-0.2, -0.15) is 0 Å². The van der Waals surface area contributed by atoms with Crippen LogP contribution in [0.2, 0.25) is 0 Å². The molecule has 2 amide bonds. The molecule has 0 radical (unpaired) electrons. The first-order chi connectivity index (χ1) is 9.64. The molecule has 0 unspecified atom stereocenters. The minimum atomic E-state index is -0.384. The molecule has 118 valence electrons. The zero-order valence-corrected chi connectivity index (χ0v) is 13.9. The van der Waals surface area contributed by atoms with Gasteiger partial charge in [0, 0.05) is 19.1 Å². The predicted molar refractivity (Wildman–Crippen MR) is 85.5 cm³/mol. The quantitative estimate of drug-likeness (QED) is 0.757. The molecule has 0 saturated heterocycles. The Hall–Kier alpha value is -1.83. The maximum absolute atomic E-state index is 12.0. The smallest absolute Gasteiger partial charge is 0.265 e. The summed E-state index contributed by atoms with van der Waals surface area (Å²) in [6.45, 7) is 8.38. The van der Waals surface area contributed by atoms with E-state index < -0.39 is 0 Å². The Labute approximate surface area is 128 Å². The first-order valence-corrected chi connectivity index (χ1v) is 7.52. The Kier molecular flexibility index (Phi) is 5.54. The molecule has 7 nitrogen and oxygen atoms in total. The molecule has 0 aliphatic heterocycles. The van der Waals surface area contributed by atoms with Gasteiger partial charge in [0.25, 0.3) is 5.91 Å².